The summed E-state index contributed by atoms with van der Waals surface area (Å²) in [5.41, 5.74) is 2.56. The normalized spacial score (nSPS) is 11.5. The van der Waals surface area contributed by atoms with Crippen molar-refractivity contribution in [3.05, 3.63) is 73.1 Å². The molecule has 29 heavy (non-hydrogen) atoms. The standard InChI is InChI=1S/C22H23N5O2/c1-3-20(28)23-12-11-21(29)27-17-9-10-19-18(13-17)22(25-14-24-19)26-15(2)16-7-5-4-6-8-16/h3-10,13-15H,1,11-12H2,2H3,(H,23,28)(H,27,29)(H,24,25,26). The zero-order valence-electron chi connectivity index (χ0n) is 16.2. The second-order valence-corrected chi connectivity index (χ2v) is 6.52. The van der Waals surface area contributed by atoms with E-state index in [0.717, 1.165) is 16.5 Å². The Morgan fingerprint density at radius 1 is 1.14 bits per heavy atom. The smallest absolute Gasteiger partial charge is 0.243 e. The lowest BCUT2D eigenvalue weighted by Gasteiger charge is -2.16. The van der Waals surface area contributed by atoms with Gasteiger partial charge in [0.25, 0.3) is 0 Å². The molecular weight excluding hydrogens is 366 g/mol. The van der Waals surface area contributed by atoms with E-state index in [4.69, 9.17) is 0 Å². The van der Waals surface area contributed by atoms with Gasteiger partial charge in [-0.15, -0.1) is 0 Å². The molecule has 0 saturated carbocycles. The molecule has 0 aliphatic rings. The molecule has 0 fully saturated rings. The highest BCUT2D eigenvalue weighted by Crippen LogP contribution is 2.26. The quantitative estimate of drug-likeness (QED) is 0.513. The molecule has 0 aliphatic heterocycles. The number of carbonyl (C=O) groups excluding carboxylic acids is 2. The van der Waals surface area contributed by atoms with Gasteiger partial charge >= 0.3 is 0 Å². The molecule has 7 nitrogen and oxygen atoms in total. The monoisotopic (exact) mass is 389 g/mol. The highest BCUT2D eigenvalue weighted by Gasteiger charge is 2.11. The molecule has 3 N–H and O–H groups in total. The predicted octanol–water partition coefficient (Wildman–Crippen LogP) is 3.43. The van der Waals surface area contributed by atoms with Crippen LogP contribution < -0.4 is 16.0 Å². The van der Waals surface area contributed by atoms with E-state index in [1.54, 1.807) is 6.07 Å². The maximum Gasteiger partial charge on any atom is 0.243 e. The molecule has 0 radical (unpaired) electrons. The van der Waals surface area contributed by atoms with Crippen molar-refractivity contribution in [3.63, 3.8) is 0 Å². The molecule has 1 atom stereocenters. The summed E-state index contributed by atoms with van der Waals surface area (Å²) >= 11 is 0. The molecule has 3 rings (SSSR count). The van der Waals surface area contributed by atoms with Gasteiger partial charge in [-0.05, 0) is 36.8 Å². The number of carbonyl (C=O) groups is 2. The minimum absolute atomic E-state index is 0.0565. The van der Waals surface area contributed by atoms with Crippen molar-refractivity contribution in [3.8, 4) is 0 Å². The van der Waals surface area contributed by atoms with E-state index in [9.17, 15) is 9.59 Å². The van der Waals surface area contributed by atoms with Crippen LogP contribution >= 0.6 is 0 Å². The summed E-state index contributed by atoms with van der Waals surface area (Å²) in [6.45, 7) is 5.68. The zero-order valence-corrected chi connectivity index (χ0v) is 16.2. The lowest BCUT2D eigenvalue weighted by Crippen LogP contribution is -2.25. The summed E-state index contributed by atoms with van der Waals surface area (Å²) in [5, 5.41) is 9.64. The molecule has 2 amide bonds. The number of anilines is 2. The molecule has 0 saturated heterocycles. The number of aromatic nitrogens is 2. The van der Waals surface area contributed by atoms with E-state index in [1.165, 1.54) is 12.4 Å². The number of rotatable bonds is 8. The zero-order chi connectivity index (χ0) is 20.6. The van der Waals surface area contributed by atoms with Crippen molar-refractivity contribution in [1.82, 2.24) is 15.3 Å². The number of hydrogen-bond acceptors (Lipinski definition) is 5. The highest BCUT2D eigenvalue weighted by molar-refractivity contribution is 5.97. The largest absolute Gasteiger partial charge is 0.363 e. The minimum Gasteiger partial charge on any atom is -0.363 e. The third-order valence-electron chi connectivity index (χ3n) is 4.41. The number of nitrogens with zero attached hydrogens (tertiary/aromatic N) is 2. The van der Waals surface area contributed by atoms with Crippen LogP contribution in [-0.4, -0.2) is 28.3 Å². The number of fused-ring (bicyclic) bond motifs is 1. The van der Waals surface area contributed by atoms with Crippen LogP contribution in [0.15, 0.2) is 67.5 Å². The van der Waals surface area contributed by atoms with Gasteiger partial charge in [-0.1, -0.05) is 36.9 Å². The fourth-order valence-corrected chi connectivity index (χ4v) is 2.87. The van der Waals surface area contributed by atoms with Crippen LogP contribution in [0.4, 0.5) is 11.5 Å². The molecule has 148 valence electrons. The molecule has 0 aliphatic carbocycles. The van der Waals surface area contributed by atoms with Crippen molar-refractivity contribution in [2.45, 2.75) is 19.4 Å². The van der Waals surface area contributed by atoms with E-state index in [0.29, 0.717) is 11.5 Å². The van der Waals surface area contributed by atoms with Gasteiger partial charge in [-0.2, -0.15) is 0 Å². The third kappa shape index (κ3) is 5.38. The van der Waals surface area contributed by atoms with Crippen molar-refractivity contribution in [2.24, 2.45) is 0 Å². The van der Waals surface area contributed by atoms with Gasteiger partial charge in [0.15, 0.2) is 0 Å². The van der Waals surface area contributed by atoms with Gasteiger partial charge in [-0.3, -0.25) is 9.59 Å². The SMILES string of the molecule is C=CC(=O)NCCC(=O)Nc1ccc2ncnc(NC(C)c3ccccc3)c2c1. The predicted molar refractivity (Wildman–Crippen MR) is 114 cm³/mol. The number of benzene rings is 2. The topological polar surface area (TPSA) is 96.0 Å². The summed E-state index contributed by atoms with van der Waals surface area (Å²) in [7, 11) is 0. The molecule has 1 unspecified atom stereocenters. The van der Waals surface area contributed by atoms with Crippen LogP contribution in [0.25, 0.3) is 10.9 Å². The van der Waals surface area contributed by atoms with Crippen LogP contribution in [-0.2, 0) is 9.59 Å². The Hall–Kier alpha value is -3.74. The average molecular weight is 389 g/mol. The maximum atomic E-state index is 12.1. The second kappa shape index (κ2) is 9.45. The molecule has 1 aromatic heterocycles. The first-order valence-corrected chi connectivity index (χ1v) is 9.33. The summed E-state index contributed by atoms with van der Waals surface area (Å²) < 4.78 is 0. The number of hydrogen-bond donors (Lipinski definition) is 3. The Labute approximate surface area is 169 Å². The first kappa shape index (κ1) is 20.0. The summed E-state index contributed by atoms with van der Waals surface area (Å²) in [6.07, 6.45) is 2.86. The Morgan fingerprint density at radius 2 is 1.93 bits per heavy atom. The van der Waals surface area contributed by atoms with Gasteiger partial charge in [0, 0.05) is 30.1 Å². The Kier molecular flexibility index (Phi) is 6.52. The van der Waals surface area contributed by atoms with Gasteiger partial charge in [0.05, 0.1) is 5.52 Å². The van der Waals surface area contributed by atoms with Crippen molar-refractivity contribution < 1.29 is 9.59 Å². The Balaban J connectivity index is 1.73. The van der Waals surface area contributed by atoms with Crippen LogP contribution in [0.3, 0.4) is 0 Å². The van der Waals surface area contributed by atoms with Gasteiger partial charge in [-0.25, -0.2) is 9.97 Å². The molecular formula is C22H23N5O2. The van der Waals surface area contributed by atoms with E-state index in [2.05, 4.69) is 51.6 Å². The van der Waals surface area contributed by atoms with Crippen LogP contribution in [0.1, 0.15) is 24.9 Å². The molecule has 7 heteroatoms. The average Bonchev–Trinajstić information content (AvgIpc) is 2.74. The third-order valence-corrected chi connectivity index (χ3v) is 4.41. The lowest BCUT2D eigenvalue weighted by atomic mass is 10.1. The number of amides is 2. The summed E-state index contributed by atoms with van der Waals surface area (Å²) in [4.78, 5) is 32.0. The first-order valence-electron chi connectivity index (χ1n) is 9.33. The van der Waals surface area contributed by atoms with Gasteiger partial charge in [0.2, 0.25) is 11.8 Å². The van der Waals surface area contributed by atoms with Crippen LogP contribution in [0.5, 0.6) is 0 Å². The van der Waals surface area contributed by atoms with Gasteiger partial charge in [0.1, 0.15) is 12.1 Å². The molecule has 1 heterocycles. The van der Waals surface area contributed by atoms with Crippen molar-refractivity contribution >= 4 is 34.2 Å². The Bertz CT molecular complexity index is 1020. The van der Waals surface area contributed by atoms with Gasteiger partial charge < -0.3 is 16.0 Å². The summed E-state index contributed by atoms with van der Waals surface area (Å²) in [6, 6.07) is 15.6. The van der Waals surface area contributed by atoms with Crippen molar-refractivity contribution in [1.29, 1.82) is 0 Å². The molecule has 0 spiro atoms. The highest BCUT2D eigenvalue weighted by atomic mass is 16.2. The molecule has 0 bridgehead atoms. The summed E-state index contributed by atoms with van der Waals surface area (Å²) in [5.74, 6) is 0.197. The maximum absolute atomic E-state index is 12.1. The lowest BCUT2D eigenvalue weighted by molar-refractivity contribution is -0.117. The van der Waals surface area contributed by atoms with E-state index in [1.807, 2.05) is 30.3 Å². The second-order valence-electron chi connectivity index (χ2n) is 6.52. The van der Waals surface area contributed by atoms with E-state index in [-0.39, 0.29) is 30.8 Å². The van der Waals surface area contributed by atoms with Crippen LogP contribution in [0, 0.1) is 0 Å². The molecule has 3 aromatic rings. The van der Waals surface area contributed by atoms with Crippen LogP contribution in [0.2, 0.25) is 0 Å². The van der Waals surface area contributed by atoms with Crippen molar-refractivity contribution in [2.75, 3.05) is 17.2 Å². The first-order chi connectivity index (χ1) is 14.1. The van der Waals surface area contributed by atoms with E-state index < -0.39 is 0 Å². The molecule has 2 aromatic carbocycles. The fraction of sp³-hybridized carbons (Fsp3) is 0.182. The van der Waals surface area contributed by atoms with E-state index >= 15 is 0 Å². The fourth-order valence-electron chi connectivity index (χ4n) is 2.87. The minimum atomic E-state index is -0.302. The number of nitrogens with one attached hydrogen (secondary N) is 3. The Morgan fingerprint density at radius 3 is 2.69 bits per heavy atom.